The monoisotopic (exact) mass is 312 g/mol. The molecular weight excluding hydrogens is 292 g/mol. The van der Waals surface area contributed by atoms with E-state index < -0.39 is 0 Å². The van der Waals surface area contributed by atoms with Gasteiger partial charge in [0.05, 0.1) is 6.26 Å². The van der Waals surface area contributed by atoms with Crippen molar-refractivity contribution in [1.82, 2.24) is 14.9 Å². The molecule has 0 saturated carbocycles. The molecule has 0 bridgehead atoms. The number of carbonyl (C=O) groups is 1. The van der Waals surface area contributed by atoms with E-state index in [0.717, 1.165) is 51.4 Å². The van der Waals surface area contributed by atoms with Crippen molar-refractivity contribution in [1.29, 1.82) is 0 Å². The van der Waals surface area contributed by atoms with E-state index in [1.165, 1.54) is 0 Å². The number of hydrogen-bond acceptors (Lipinski definition) is 5. The summed E-state index contributed by atoms with van der Waals surface area (Å²) in [5, 5.41) is 0. The summed E-state index contributed by atoms with van der Waals surface area (Å²) in [6.07, 6.45) is 8.41. The fraction of sp³-hybridized carbons (Fsp3) is 0.471. The number of nitrogens with zero attached hydrogens (tertiary/aromatic N) is 4. The number of amides is 1. The van der Waals surface area contributed by atoms with Gasteiger partial charge in [-0.1, -0.05) is 0 Å². The summed E-state index contributed by atoms with van der Waals surface area (Å²) in [4.78, 5) is 25.4. The summed E-state index contributed by atoms with van der Waals surface area (Å²) in [5.74, 6) is 1.23. The van der Waals surface area contributed by atoms with Crippen LogP contribution in [0.5, 0.6) is 0 Å². The summed E-state index contributed by atoms with van der Waals surface area (Å²) in [6, 6.07) is 5.33. The molecule has 1 atom stereocenters. The van der Waals surface area contributed by atoms with E-state index in [0.29, 0.717) is 5.76 Å². The van der Waals surface area contributed by atoms with Crippen LogP contribution in [0.25, 0.3) is 0 Å². The second-order valence-corrected chi connectivity index (χ2v) is 6.53. The number of furan rings is 1. The zero-order chi connectivity index (χ0) is 15.7. The average Bonchev–Trinajstić information content (AvgIpc) is 3.26. The molecule has 6 heteroatoms. The Hall–Kier alpha value is -2.37. The van der Waals surface area contributed by atoms with Crippen molar-refractivity contribution in [3.05, 3.63) is 42.6 Å². The molecule has 6 nitrogen and oxygen atoms in total. The second kappa shape index (κ2) is 5.68. The number of piperidine rings is 1. The Bertz CT molecular complexity index is 673. The van der Waals surface area contributed by atoms with Gasteiger partial charge in [0.15, 0.2) is 5.76 Å². The summed E-state index contributed by atoms with van der Waals surface area (Å²) < 4.78 is 5.25. The van der Waals surface area contributed by atoms with E-state index in [2.05, 4.69) is 14.9 Å². The van der Waals surface area contributed by atoms with Crippen LogP contribution in [0.3, 0.4) is 0 Å². The minimum Gasteiger partial charge on any atom is -0.459 e. The van der Waals surface area contributed by atoms with Crippen LogP contribution >= 0.6 is 0 Å². The first-order chi connectivity index (χ1) is 11.3. The van der Waals surface area contributed by atoms with E-state index in [1.54, 1.807) is 30.8 Å². The summed E-state index contributed by atoms with van der Waals surface area (Å²) in [7, 11) is 0. The van der Waals surface area contributed by atoms with Crippen molar-refractivity contribution in [3.63, 3.8) is 0 Å². The smallest absolute Gasteiger partial charge is 0.289 e. The van der Waals surface area contributed by atoms with Gasteiger partial charge in [0.2, 0.25) is 5.95 Å². The molecular formula is C17H20N4O2. The maximum Gasteiger partial charge on any atom is 0.289 e. The predicted molar refractivity (Wildman–Crippen MR) is 85.1 cm³/mol. The van der Waals surface area contributed by atoms with Crippen LogP contribution in [0.1, 0.15) is 29.8 Å². The van der Waals surface area contributed by atoms with Gasteiger partial charge in [-0.3, -0.25) is 4.79 Å². The molecule has 4 rings (SSSR count). The van der Waals surface area contributed by atoms with Crippen LogP contribution in [0.4, 0.5) is 5.95 Å². The number of rotatable bonds is 2. The summed E-state index contributed by atoms with van der Waals surface area (Å²) in [5.41, 5.74) is 0.152. The number of hydrogen-bond donors (Lipinski definition) is 0. The standard InChI is InChI=1S/C17H20N4O2/c22-15(14-4-1-11-23-14)20-10-6-17(12-20)5-2-9-21(13-17)16-18-7-3-8-19-16/h1,3-4,7-8,11H,2,5-6,9-10,12-13H2. The molecule has 0 N–H and O–H groups in total. The summed E-state index contributed by atoms with van der Waals surface area (Å²) in [6.45, 7) is 3.48. The molecule has 0 aromatic carbocycles. The first kappa shape index (κ1) is 14.2. The third kappa shape index (κ3) is 2.69. The lowest BCUT2D eigenvalue weighted by atomic mass is 9.79. The Balaban J connectivity index is 1.48. The molecule has 2 aliphatic rings. The van der Waals surface area contributed by atoms with Gasteiger partial charge < -0.3 is 14.2 Å². The maximum atomic E-state index is 12.5. The molecule has 2 aromatic heterocycles. The van der Waals surface area contributed by atoms with Crippen molar-refractivity contribution in [2.24, 2.45) is 5.41 Å². The topological polar surface area (TPSA) is 62.5 Å². The van der Waals surface area contributed by atoms with Crippen molar-refractivity contribution < 1.29 is 9.21 Å². The van der Waals surface area contributed by atoms with E-state index >= 15 is 0 Å². The Morgan fingerprint density at radius 2 is 2.00 bits per heavy atom. The Morgan fingerprint density at radius 1 is 1.13 bits per heavy atom. The van der Waals surface area contributed by atoms with Crippen molar-refractivity contribution in [2.75, 3.05) is 31.1 Å². The number of carbonyl (C=O) groups excluding carboxylic acids is 1. The molecule has 2 aromatic rings. The molecule has 2 aliphatic heterocycles. The number of likely N-dealkylation sites (tertiary alicyclic amines) is 1. The lowest BCUT2D eigenvalue weighted by Gasteiger charge is -2.40. The maximum absolute atomic E-state index is 12.5. The third-order valence-electron chi connectivity index (χ3n) is 4.95. The average molecular weight is 312 g/mol. The quantitative estimate of drug-likeness (QED) is 0.851. The van der Waals surface area contributed by atoms with E-state index in [-0.39, 0.29) is 11.3 Å². The molecule has 1 spiro atoms. The Morgan fingerprint density at radius 3 is 2.78 bits per heavy atom. The lowest BCUT2D eigenvalue weighted by molar-refractivity contribution is 0.0736. The first-order valence-electron chi connectivity index (χ1n) is 8.11. The minimum atomic E-state index is -0.0000374. The molecule has 120 valence electrons. The molecule has 1 unspecified atom stereocenters. The van der Waals surface area contributed by atoms with Gasteiger partial charge in [-0.25, -0.2) is 9.97 Å². The minimum absolute atomic E-state index is 0.0000374. The van der Waals surface area contributed by atoms with E-state index in [9.17, 15) is 4.79 Å². The molecule has 23 heavy (non-hydrogen) atoms. The largest absolute Gasteiger partial charge is 0.459 e. The van der Waals surface area contributed by atoms with Gasteiger partial charge in [-0.2, -0.15) is 0 Å². The van der Waals surface area contributed by atoms with Crippen LogP contribution in [-0.2, 0) is 0 Å². The van der Waals surface area contributed by atoms with E-state index in [4.69, 9.17) is 4.42 Å². The van der Waals surface area contributed by atoms with Gasteiger partial charge in [-0.05, 0) is 37.5 Å². The van der Waals surface area contributed by atoms with Crippen LogP contribution < -0.4 is 4.90 Å². The van der Waals surface area contributed by atoms with E-state index in [1.807, 2.05) is 11.0 Å². The normalized spacial score (nSPS) is 24.3. The lowest BCUT2D eigenvalue weighted by Crippen LogP contribution is -2.46. The van der Waals surface area contributed by atoms with Crippen LogP contribution in [0.15, 0.2) is 41.3 Å². The van der Waals surface area contributed by atoms with Crippen molar-refractivity contribution in [3.8, 4) is 0 Å². The molecule has 2 fully saturated rings. The van der Waals surface area contributed by atoms with Crippen LogP contribution in [0, 0.1) is 5.41 Å². The van der Waals surface area contributed by atoms with Gasteiger partial charge in [0.25, 0.3) is 5.91 Å². The van der Waals surface area contributed by atoms with Crippen LogP contribution in [-0.4, -0.2) is 47.0 Å². The highest BCUT2D eigenvalue weighted by Crippen LogP contribution is 2.40. The highest BCUT2D eigenvalue weighted by atomic mass is 16.3. The van der Waals surface area contributed by atoms with Crippen molar-refractivity contribution in [2.45, 2.75) is 19.3 Å². The Labute approximate surface area is 135 Å². The van der Waals surface area contributed by atoms with Crippen molar-refractivity contribution >= 4 is 11.9 Å². The fourth-order valence-electron chi connectivity index (χ4n) is 3.83. The highest BCUT2D eigenvalue weighted by molar-refractivity contribution is 5.91. The predicted octanol–water partition coefficient (Wildman–Crippen LogP) is 2.20. The number of anilines is 1. The third-order valence-corrected chi connectivity index (χ3v) is 4.95. The van der Waals surface area contributed by atoms with Crippen LogP contribution in [0.2, 0.25) is 0 Å². The molecule has 1 amide bonds. The van der Waals surface area contributed by atoms with Gasteiger partial charge in [0.1, 0.15) is 0 Å². The molecule has 4 heterocycles. The molecule has 0 radical (unpaired) electrons. The zero-order valence-electron chi connectivity index (χ0n) is 13.0. The Kier molecular flexibility index (Phi) is 3.52. The second-order valence-electron chi connectivity index (χ2n) is 6.53. The number of aromatic nitrogens is 2. The fourth-order valence-corrected chi connectivity index (χ4v) is 3.83. The first-order valence-corrected chi connectivity index (χ1v) is 8.11. The van der Waals surface area contributed by atoms with Gasteiger partial charge >= 0.3 is 0 Å². The zero-order valence-corrected chi connectivity index (χ0v) is 13.0. The highest BCUT2D eigenvalue weighted by Gasteiger charge is 2.43. The van der Waals surface area contributed by atoms with Gasteiger partial charge in [0, 0.05) is 44.0 Å². The van der Waals surface area contributed by atoms with Gasteiger partial charge in [-0.15, -0.1) is 0 Å². The molecule has 2 saturated heterocycles. The summed E-state index contributed by atoms with van der Waals surface area (Å²) >= 11 is 0. The SMILES string of the molecule is O=C(c1ccco1)N1CCC2(CCCN(c3ncccn3)C2)C1. The molecule has 0 aliphatic carbocycles.